The summed E-state index contributed by atoms with van der Waals surface area (Å²) in [6, 6.07) is 14.5. The molecule has 0 saturated carbocycles. The van der Waals surface area contributed by atoms with Crippen molar-refractivity contribution < 1.29 is 14.3 Å². The van der Waals surface area contributed by atoms with Crippen LogP contribution < -0.4 is 4.74 Å². The molecule has 144 valence electrons. The quantitative estimate of drug-likeness (QED) is 0.432. The van der Waals surface area contributed by atoms with Gasteiger partial charge in [0.25, 0.3) is 0 Å². The molecule has 0 saturated heterocycles. The number of ether oxygens (including phenoxy) is 2. The number of carbonyl (C=O) groups excluding carboxylic acids is 1. The number of benzene rings is 2. The maximum absolute atomic E-state index is 11.7. The van der Waals surface area contributed by atoms with Crippen molar-refractivity contribution in [1.82, 2.24) is 0 Å². The van der Waals surface area contributed by atoms with Gasteiger partial charge in [-0.1, -0.05) is 42.5 Å². The largest absolute Gasteiger partial charge is 0.497 e. The smallest absolute Gasteiger partial charge is 0.306 e. The summed E-state index contributed by atoms with van der Waals surface area (Å²) >= 11 is 0. The topological polar surface area (TPSA) is 35.5 Å². The predicted octanol–water partition coefficient (Wildman–Crippen LogP) is 6.20. The molecule has 0 N–H and O–H groups in total. The minimum atomic E-state index is -0.408. The van der Waals surface area contributed by atoms with Crippen molar-refractivity contribution in [2.45, 2.75) is 52.6 Å². The molecule has 2 aromatic carbocycles. The zero-order valence-electron chi connectivity index (χ0n) is 17.0. The molecule has 27 heavy (non-hydrogen) atoms. The lowest BCUT2D eigenvalue weighted by Crippen LogP contribution is -2.23. The number of hydrogen-bond donors (Lipinski definition) is 0. The standard InChI is InChI=1S/C24H30O3/c1-18-16-19(10-7-6-8-13-23(25)27-24(2,3)4)14-15-22(18)20-11-9-12-21(17-20)26-5/h7,9-12,14-17H,6,8,13H2,1-5H3. The van der Waals surface area contributed by atoms with E-state index in [1.54, 1.807) is 7.11 Å². The SMILES string of the molecule is COc1cccc(-c2ccc(C=CCCCC(=O)OC(C)(C)C)cc2C)c1. The van der Waals surface area contributed by atoms with Crippen LogP contribution in [0.3, 0.4) is 0 Å². The van der Waals surface area contributed by atoms with Crippen molar-refractivity contribution in [3.63, 3.8) is 0 Å². The number of unbranched alkanes of at least 4 members (excludes halogenated alkanes) is 1. The monoisotopic (exact) mass is 366 g/mol. The highest BCUT2D eigenvalue weighted by atomic mass is 16.6. The Balaban J connectivity index is 1.92. The van der Waals surface area contributed by atoms with Gasteiger partial charge in [-0.05, 0) is 74.9 Å². The first kappa shape index (κ1) is 20.8. The Labute approximate surface area is 163 Å². The number of methoxy groups -OCH3 is 1. The van der Waals surface area contributed by atoms with Gasteiger partial charge < -0.3 is 9.47 Å². The Morgan fingerprint density at radius 2 is 1.89 bits per heavy atom. The van der Waals surface area contributed by atoms with Crippen molar-refractivity contribution >= 4 is 12.0 Å². The second kappa shape index (κ2) is 9.40. The maximum atomic E-state index is 11.7. The molecule has 0 aliphatic heterocycles. The van der Waals surface area contributed by atoms with Crippen LogP contribution >= 0.6 is 0 Å². The van der Waals surface area contributed by atoms with Gasteiger partial charge in [0.05, 0.1) is 7.11 Å². The molecule has 2 aromatic rings. The molecular weight excluding hydrogens is 336 g/mol. The van der Waals surface area contributed by atoms with Crippen LogP contribution in [0.15, 0.2) is 48.5 Å². The fourth-order valence-electron chi connectivity index (χ4n) is 2.88. The van der Waals surface area contributed by atoms with E-state index in [9.17, 15) is 4.79 Å². The number of aryl methyl sites for hydroxylation is 1. The molecule has 0 aliphatic carbocycles. The first-order valence-corrected chi connectivity index (χ1v) is 9.42. The van der Waals surface area contributed by atoms with E-state index in [1.807, 2.05) is 32.9 Å². The van der Waals surface area contributed by atoms with Gasteiger partial charge in [0, 0.05) is 6.42 Å². The number of allylic oxidation sites excluding steroid dienone is 1. The number of rotatable bonds is 7. The zero-order valence-corrected chi connectivity index (χ0v) is 17.0. The molecule has 0 spiro atoms. The van der Waals surface area contributed by atoms with E-state index in [0.717, 1.165) is 29.7 Å². The third-order valence-electron chi connectivity index (χ3n) is 4.11. The molecule has 0 fully saturated rings. The van der Waals surface area contributed by atoms with Crippen LogP contribution in [0.1, 0.15) is 51.2 Å². The lowest BCUT2D eigenvalue weighted by Gasteiger charge is -2.19. The second-order valence-electron chi connectivity index (χ2n) is 7.69. The normalized spacial score (nSPS) is 11.6. The minimum absolute atomic E-state index is 0.130. The highest BCUT2D eigenvalue weighted by molar-refractivity contribution is 5.71. The van der Waals surface area contributed by atoms with Gasteiger partial charge in [0.2, 0.25) is 0 Å². The van der Waals surface area contributed by atoms with Crippen molar-refractivity contribution in [2.24, 2.45) is 0 Å². The van der Waals surface area contributed by atoms with Crippen molar-refractivity contribution in [3.05, 3.63) is 59.7 Å². The maximum Gasteiger partial charge on any atom is 0.306 e. The average Bonchev–Trinajstić information content (AvgIpc) is 2.60. The molecule has 3 nitrogen and oxygen atoms in total. The summed E-state index contributed by atoms with van der Waals surface area (Å²) in [5.41, 5.74) is 4.33. The predicted molar refractivity (Wildman–Crippen MR) is 112 cm³/mol. The highest BCUT2D eigenvalue weighted by Crippen LogP contribution is 2.27. The van der Waals surface area contributed by atoms with Crippen molar-refractivity contribution in [2.75, 3.05) is 7.11 Å². The van der Waals surface area contributed by atoms with Crippen LogP contribution in [0.25, 0.3) is 17.2 Å². The van der Waals surface area contributed by atoms with Crippen LogP contribution in [-0.4, -0.2) is 18.7 Å². The van der Waals surface area contributed by atoms with Crippen LogP contribution in [0.2, 0.25) is 0 Å². The summed E-state index contributed by atoms with van der Waals surface area (Å²) in [6.07, 6.45) is 6.33. The Bertz CT molecular complexity index is 798. The molecule has 2 rings (SSSR count). The molecule has 0 aromatic heterocycles. The van der Waals surface area contributed by atoms with Gasteiger partial charge in [-0.15, -0.1) is 0 Å². The summed E-state index contributed by atoms with van der Waals surface area (Å²) < 4.78 is 10.6. The first-order chi connectivity index (χ1) is 12.8. The van der Waals surface area contributed by atoms with E-state index in [-0.39, 0.29) is 5.97 Å². The molecule has 0 amide bonds. The lowest BCUT2D eigenvalue weighted by molar-refractivity contribution is -0.154. The summed E-state index contributed by atoms with van der Waals surface area (Å²) in [5, 5.41) is 0. The Morgan fingerprint density at radius 1 is 1.11 bits per heavy atom. The Kier molecular flexibility index (Phi) is 7.23. The van der Waals surface area contributed by atoms with Crippen LogP contribution in [0.4, 0.5) is 0 Å². The third-order valence-corrected chi connectivity index (χ3v) is 4.11. The van der Waals surface area contributed by atoms with Gasteiger partial charge in [0.1, 0.15) is 11.4 Å². The summed E-state index contributed by atoms with van der Waals surface area (Å²) in [5.74, 6) is 0.732. The molecule has 0 unspecified atom stereocenters. The number of esters is 1. The number of hydrogen-bond acceptors (Lipinski definition) is 3. The van der Waals surface area contributed by atoms with Gasteiger partial charge in [-0.2, -0.15) is 0 Å². The first-order valence-electron chi connectivity index (χ1n) is 9.42. The molecular formula is C24H30O3. The summed E-state index contributed by atoms with van der Waals surface area (Å²) in [6.45, 7) is 7.79. The molecule has 0 radical (unpaired) electrons. The van der Waals surface area contributed by atoms with Crippen molar-refractivity contribution in [3.8, 4) is 16.9 Å². The molecule has 3 heteroatoms. The van der Waals surface area contributed by atoms with Gasteiger partial charge in [-0.25, -0.2) is 0 Å². The van der Waals surface area contributed by atoms with E-state index < -0.39 is 5.60 Å². The molecule has 0 bridgehead atoms. The van der Waals surface area contributed by atoms with E-state index >= 15 is 0 Å². The van der Waals surface area contributed by atoms with Crippen LogP contribution in [0, 0.1) is 6.92 Å². The summed E-state index contributed by atoms with van der Waals surface area (Å²) in [7, 11) is 1.68. The fourth-order valence-corrected chi connectivity index (χ4v) is 2.88. The van der Waals surface area contributed by atoms with E-state index in [4.69, 9.17) is 9.47 Å². The van der Waals surface area contributed by atoms with E-state index in [1.165, 1.54) is 11.1 Å². The highest BCUT2D eigenvalue weighted by Gasteiger charge is 2.15. The third kappa shape index (κ3) is 6.93. The minimum Gasteiger partial charge on any atom is -0.497 e. The van der Waals surface area contributed by atoms with Gasteiger partial charge in [-0.3, -0.25) is 4.79 Å². The summed E-state index contributed by atoms with van der Waals surface area (Å²) in [4.78, 5) is 11.7. The molecule has 0 aliphatic rings. The second-order valence-corrected chi connectivity index (χ2v) is 7.69. The lowest BCUT2D eigenvalue weighted by atomic mass is 9.98. The average molecular weight is 367 g/mol. The zero-order chi connectivity index (χ0) is 19.9. The Morgan fingerprint density at radius 3 is 2.56 bits per heavy atom. The van der Waals surface area contributed by atoms with Gasteiger partial charge >= 0.3 is 5.97 Å². The molecule has 0 atom stereocenters. The van der Waals surface area contributed by atoms with Gasteiger partial charge in [0.15, 0.2) is 0 Å². The molecule has 0 heterocycles. The van der Waals surface area contributed by atoms with E-state index in [0.29, 0.717) is 6.42 Å². The van der Waals surface area contributed by atoms with E-state index in [2.05, 4.69) is 49.4 Å². The Hall–Kier alpha value is -2.55. The fraction of sp³-hybridized carbons (Fsp3) is 0.375. The van der Waals surface area contributed by atoms with Crippen LogP contribution in [-0.2, 0) is 9.53 Å². The number of carbonyl (C=O) groups is 1. The van der Waals surface area contributed by atoms with Crippen LogP contribution in [0.5, 0.6) is 5.75 Å². The van der Waals surface area contributed by atoms with Crippen molar-refractivity contribution in [1.29, 1.82) is 0 Å².